The van der Waals surface area contributed by atoms with E-state index in [1.165, 1.54) is 12.1 Å². The van der Waals surface area contributed by atoms with Crippen molar-refractivity contribution in [1.29, 1.82) is 0 Å². The molecule has 0 fully saturated rings. The second kappa shape index (κ2) is 11.8. The predicted molar refractivity (Wildman–Crippen MR) is 114 cm³/mol. The third-order valence-corrected chi connectivity index (χ3v) is 4.91. The molecular formula is C22H30F3N3O5. The molecule has 8 nitrogen and oxygen atoms in total. The number of nitrogens with one attached hydrogen (secondary N) is 2. The molecule has 33 heavy (non-hydrogen) atoms. The fourth-order valence-corrected chi connectivity index (χ4v) is 3.05. The Bertz CT molecular complexity index is 835. The molecule has 184 valence electrons. The normalized spacial score (nSPS) is 13.6. The van der Waals surface area contributed by atoms with E-state index in [0.29, 0.717) is 17.9 Å². The van der Waals surface area contributed by atoms with Crippen molar-refractivity contribution in [3.05, 3.63) is 29.8 Å². The number of rotatable bonds is 11. The molecular weight excluding hydrogens is 443 g/mol. The minimum Gasteiger partial charge on any atom is -0.345 e. The number of Topliss-reactive ketones (excluding diaryl/α,β-unsaturated/α-hetero) is 1. The van der Waals surface area contributed by atoms with Gasteiger partial charge in [-0.15, -0.1) is 0 Å². The highest BCUT2D eigenvalue weighted by Gasteiger charge is 2.39. The summed E-state index contributed by atoms with van der Waals surface area (Å²) in [5.74, 6) is -3.85. The predicted octanol–water partition coefficient (Wildman–Crippen LogP) is 3.56. The van der Waals surface area contributed by atoms with Crippen molar-refractivity contribution in [2.45, 2.75) is 59.2 Å². The molecule has 0 saturated carbocycles. The Kier molecular flexibility index (Phi) is 10.0. The number of hydroxylamine groups is 2. The smallest absolute Gasteiger partial charge is 0.345 e. The molecule has 1 aromatic carbocycles. The first-order valence-electron chi connectivity index (χ1n) is 10.4. The van der Waals surface area contributed by atoms with E-state index in [1.54, 1.807) is 26.1 Å². The summed E-state index contributed by atoms with van der Waals surface area (Å²) >= 11 is 0. The quantitative estimate of drug-likeness (QED) is 0.197. The van der Waals surface area contributed by atoms with Crippen LogP contribution >= 0.6 is 0 Å². The average Bonchev–Trinajstić information content (AvgIpc) is 2.73. The third-order valence-electron chi connectivity index (χ3n) is 4.91. The lowest BCUT2D eigenvalue weighted by Crippen LogP contribution is -2.52. The maximum atomic E-state index is 13.1. The summed E-state index contributed by atoms with van der Waals surface area (Å²) in [4.78, 5) is 47.8. The molecule has 11 heteroatoms. The molecule has 0 radical (unpaired) electrons. The summed E-state index contributed by atoms with van der Waals surface area (Å²) < 4.78 is 37.2. The first-order valence-corrected chi connectivity index (χ1v) is 10.4. The van der Waals surface area contributed by atoms with Crippen LogP contribution in [0.5, 0.6) is 0 Å². The van der Waals surface area contributed by atoms with Crippen molar-refractivity contribution in [2.75, 3.05) is 11.9 Å². The van der Waals surface area contributed by atoms with Crippen molar-refractivity contribution in [3.8, 4) is 0 Å². The Balaban J connectivity index is 3.05. The molecule has 3 amide bonds. The van der Waals surface area contributed by atoms with Crippen LogP contribution in [0.3, 0.4) is 0 Å². The second-order valence-electron chi connectivity index (χ2n) is 8.77. The van der Waals surface area contributed by atoms with Gasteiger partial charge in [-0.1, -0.05) is 40.5 Å². The highest BCUT2D eigenvalue weighted by molar-refractivity contribution is 6.03. The molecule has 0 aliphatic heterocycles. The van der Waals surface area contributed by atoms with Crippen molar-refractivity contribution in [1.82, 2.24) is 10.4 Å². The number of carbonyl (C=O) groups is 4. The molecule has 1 aromatic rings. The molecule has 0 spiro atoms. The number of amides is 3. The molecule has 0 aliphatic carbocycles. The van der Waals surface area contributed by atoms with Crippen LogP contribution in [0.2, 0.25) is 0 Å². The lowest BCUT2D eigenvalue weighted by atomic mass is 9.81. The Morgan fingerprint density at radius 2 is 1.70 bits per heavy atom. The SMILES string of the molecule is CCCC[C@H](CN(O)C=O)C(=O)N[C@H](C(=O)c1ccc(NC(=O)C(F)(F)F)cc1)C(C)(C)C. The fraction of sp³-hybridized carbons (Fsp3) is 0.545. The number of unbranched alkanes of at least 4 members (excludes halogenated alkanes) is 1. The fourth-order valence-electron chi connectivity index (χ4n) is 3.05. The van der Waals surface area contributed by atoms with Crippen LogP contribution in [0.15, 0.2) is 24.3 Å². The Morgan fingerprint density at radius 3 is 2.15 bits per heavy atom. The van der Waals surface area contributed by atoms with Gasteiger partial charge in [0.05, 0.1) is 18.5 Å². The van der Waals surface area contributed by atoms with E-state index in [-0.39, 0.29) is 24.2 Å². The number of hydrogen-bond donors (Lipinski definition) is 3. The molecule has 0 saturated heterocycles. The van der Waals surface area contributed by atoms with Crippen LogP contribution in [-0.2, 0) is 14.4 Å². The third kappa shape index (κ3) is 8.83. The number of ketones is 1. The Labute approximate surface area is 190 Å². The molecule has 0 unspecified atom stereocenters. The van der Waals surface area contributed by atoms with Gasteiger partial charge < -0.3 is 10.6 Å². The van der Waals surface area contributed by atoms with Crippen molar-refractivity contribution in [3.63, 3.8) is 0 Å². The first kappa shape index (κ1) is 28.1. The van der Waals surface area contributed by atoms with E-state index < -0.39 is 41.1 Å². The Morgan fingerprint density at radius 1 is 1.12 bits per heavy atom. The lowest BCUT2D eigenvalue weighted by molar-refractivity contribution is -0.167. The van der Waals surface area contributed by atoms with Crippen LogP contribution in [0, 0.1) is 11.3 Å². The standard InChI is InChI=1S/C22H30F3N3O5/c1-5-6-7-15(12-28(33)13-29)19(31)27-18(21(2,3)4)17(30)14-8-10-16(11-9-14)26-20(32)22(23,24)25/h8-11,13,15,18,33H,5-7,12H2,1-4H3,(H,26,32)(H,27,31)/t15-,18-/m1/s1. The van der Waals surface area contributed by atoms with E-state index >= 15 is 0 Å². The summed E-state index contributed by atoms with van der Waals surface area (Å²) in [5.41, 5.74) is -0.738. The van der Waals surface area contributed by atoms with Crippen molar-refractivity contribution < 1.29 is 37.6 Å². The van der Waals surface area contributed by atoms with Crippen molar-refractivity contribution >= 4 is 29.7 Å². The van der Waals surface area contributed by atoms with E-state index in [9.17, 15) is 37.6 Å². The highest BCUT2D eigenvalue weighted by Crippen LogP contribution is 2.25. The summed E-state index contributed by atoms with van der Waals surface area (Å²) in [7, 11) is 0. The number of hydrogen-bond acceptors (Lipinski definition) is 5. The maximum Gasteiger partial charge on any atom is 0.471 e. The molecule has 0 heterocycles. The second-order valence-corrected chi connectivity index (χ2v) is 8.77. The molecule has 0 aromatic heterocycles. The largest absolute Gasteiger partial charge is 0.471 e. The maximum absolute atomic E-state index is 13.1. The van der Waals surface area contributed by atoms with Gasteiger partial charge in [-0.3, -0.25) is 24.4 Å². The van der Waals surface area contributed by atoms with Crippen LogP contribution < -0.4 is 10.6 Å². The topological polar surface area (TPSA) is 116 Å². The summed E-state index contributed by atoms with van der Waals surface area (Å²) in [6, 6.07) is 3.85. The summed E-state index contributed by atoms with van der Waals surface area (Å²) in [6.07, 6.45) is -3.00. The highest BCUT2D eigenvalue weighted by atomic mass is 19.4. The van der Waals surface area contributed by atoms with Gasteiger partial charge in [0.1, 0.15) is 0 Å². The molecule has 0 bridgehead atoms. The van der Waals surface area contributed by atoms with Gasteiger partial charge in [0.15, 0.2) is 5.78 Å². The minimum absolute atomic E-state index is 0.127. The number of benzene rings is 1. The summed E-state index contributed by atoms with van der Waals surface area (Å²) in [6.45, 7) is 6.90. The zero-order valence-corrected chi connectivity index (χ0v) is 19.0. The molecule has 3 N–H and O–H groups in total. The molecule has 1 rings (SSSR count). The molecule has 0 aliphatic rings. The van der Waals surface area contributed by atoms with Gasteiger partial charge in [-0.25, -0.2) is 5.06 Å². The van der Waals surface area contributed by atoms with E-state index in [0.717, 1.165) is 18.6 Å². The average molecular weight is 473 g/mol. The van der Waals surface area contributed by atoms with Crippen LogP contribution in [0.1, 0.15) is 57.3 Å². The van der Waals surface area contributed by atoms with E-state index in [2.05, 4.69) is 5.32 Å². The van der Waals surface area contributed by atoms with E-state index in [4.69, 9.17) is 0 Å². The zero-order valence-electron chi connectivity index (χ0n) is 19.0. The number of nitrogens with zero attached hydrogens (tertiary/aromatic N) is 1. The van der Waals surface area contributed by atoms with Crippen molar-refractivity contribution in [2.24, 2.45) is 11.3 Å². The lowest BCUT2D eigenvalue weighted by Gasteiger charge is -2.32. The first-order chi connectivity index (χ1) is 15.2. The van der Waals surface area contributed by atoms with Crippen LogP contribution in [0.25, 0.3) is 0 Å². The van der Waals surface area contributed by atoms with Crippen LogP contribution in [-0.4, -0.2) is 53.0 Å². The zero-order chi connectivity index (χ0) is 25.4. The van der Waals surface area contributed by atoms with Gasteiger partial charge in [0, 0.05) is 11.3 Å². The number of anilines is 1. The number of alkyl halides is 3. The number of carbonyl (C=O) groups excluding carboxylic acids is 4. The Hall–Kier alpha value is -2.95. The summed E-state index contributed by atoms with van der Waals surface area (Å²) in [5, 5.41) is 14.3. The van der Waals surface area contributed by atoms with Gasteiger partial charge in [0.25, 0.3) is 0 Å². The van der Waals surface area contributed by atoms with Gasteiger partial charge in [-0.05, 0) is 36.1 Å². The minimum atomic E-state index is -5.04. The number of halogens is 3. The van der Waals surface area contributed by atoms with Gasteiger partial charge in [-0.2, -0.15) is 13.2 Å². The van der Waals surface area contributed by atoms with E-state index in [1.807, 2.05) is 6.92 Å². The van der Waals surface area contributed by atoms with Gasteiger partial charge >= 0.3 is 12.1 Å². The van der Waals surface area contributed by atoms with Gasteiger partial charge in [0.2, 0.25) is 12.3 Å². The molecule has 2 atom stereocenters. The van der Waals surface area contributed by atoms with Crippen LogP contribution in [0.4, 0.5) is 18.9 Å². The monoisotopic (exact) mass is 473 g/mol.